The molecule has 3 heteroatoms. The van der Waals surface area contributed by atoms with Crippen LogP contribution in [0, 0.1) is 5.92 Å². The Morgan fingerprint density at radius 2 is 1.92 bits per heavy atom. The number of nitrogens with one attached hydrogen (secondary N) is 2. The van der Waals surface area contributed by atoms with Crippen molar-refractivity contribution in [1.29, 1.82) is 0 Å². The Kier molecular flexibility index (Phi) is 3.71. The zero-order valence-electron chi connectivity index (χ0n) is 9.46. The van der Waals surface area contributed by atoms with E-state index in [1.807, 2.05) is 0 Å². The molecule has 0 saturated carbocycles. The fourth-order valence-corrected chi connectivity index (χ4v) is 1.81. The van der Waals surface area contributed by atoms with Crippen LogP contribution in [0.1, 0.15) is 41.0 Å². The van der Waals surface area contributed by atoms with Gasteiger partial charge in [0, 0.05) is 6.04 Å². The highest BCUT2D eigenvalue weighted by molar-refractivity contribution is 4.82. The number of hydrogen-bond acceptors (Lipinski definition) is 3. The van der Waals surface area contributed by atoms with Crippen molar-refractivity contribution in [3.8, 4) is 0 Å². The molecule has 0 aliphatic carbocycles. The highest BCUT2D eigenvalue weighted by Crippen LogP contribution is 2.17. The predicted molar refractivity (Wildman–Crippen MR) is 56.0 cm³/mol. The van der Waals surface area contributed by atoms with E-state index in [9.17, 15) is 0 Å². The highest BCUT2D eigenvalue weighted by atomic mass is 15.7. The lowest BCUT2D eigenvalue weighted by atomic mass is 10.0. The minimum Gasteiger partial charge on any atom is -0.284 e. The van der Waals surface area contributed by atoms with E-state index in [2.05, 4.69) is 50.4 Å². The molecule has 1 fully saturated rings. The van der Waals surface area contributed by atoms with Crippen molar-refractivity contribution in [1.82, 2.24) is 15.8 Å². The van der Waals surface area contributed by atoms with E-state index in [1.54, 1.807) is 0 Å². The molecule has 1 saturated heterocycles. The molecule has 1 aliphatic heterocycles. The van der Waals surface area contributed by atoms with Gasteiger partial charge in [-0.15, -0.1) is 0 Å². The molecule has 1 heterocycles. The first-order valence-electron chi connectivity index (χ1n) is 5.36. The normalized spacial score (nSPS) is 32.8. The van der Waals surface area contributed by atoms with Gasteiger partial charge >= 0.3 is 0 Å². The lowest BCUT2D eigenvalue weighted by Gasteiger charge is -2.30. The SMILES string of the molecule is CCC(C)C1N[C@@H](C)NN1C(C)C. The first-order valence-corrected chi connectivity index (χ1v) is 5.36. The largest absolute Gasteiger partial charge is 0.284 e. The Morgan fingerprint density at radius 3 is 2.38 bits per heavy atom. The number of nitrogens with zero attached hydrogens (tertiary/aromatic N) is 1. The Bertz CT molecular complexity index is 158. The van der Waals surface area contributed by atoms with Gasteiger partial charge in [0.15, 0.2) is 0 Å². The smallest absolute Gasteiger partial charge is 0.0774 e. The monoisotopic (exact) mass is 185 g/mol. The van der Waals surface area contributed by atoms with Crippen molar-refractivity contribution < 1.29 is 0 Å². The van der Waals surface area contributed by atoms with Crippen molar-refractivity contribution in [3.63, 3.8) is 0 Å². The van der Waals surface area contributed by atoms with E-state index in [-0.39, 0.29) is 0 Å². The zero-order chi connectivity index (χ0) is 10.0. The third-order valence-electron chi connectivity index (χ3n) is 2.80. The average molecular weight is 185 g/mol. The minimum absolute atomic E-state index is 0.404. The van der Waals surface area contributed by atoms with Gasteiger partial charge in [-0.2, -0.15) is 0 Å². The third kappa shape index (κ3) is 2.42. The van der Waals surface area contributed by atoms with Crippen LogP contribution in [0.5, 0.6) is 0 Å². The number of hydrazine groups is 1. The van der Waals surface area contributed by atoms with Gasteiger partial charge < -0.3 is 0 Å². The number of hydrogen-bond donors (Lipinski definition) is 2. The van der Waals surface area contributed by atoms with Crippen LogP contribution in [-0.4, -0.2) is 23.4 Å². The molecule has 2 N–H and O–H groups in total. The number of rotatable bonds is 3. The molecule has 0 aromatic carbocycles. The Hall–Kier alpha value is -0.120. The van der Waals surface area contributed by atoms with Crippen LogP contribution in [-0.2, 0) is 0 Å². The highest BCUT2D eigenvalue weighted by Gasteiger charge is 2.32. The van der Waals surface area contributed by atoms with E-state index in [1.165, 1.54) is 6.42 Å². The lowest BCUT2D eigenvalue weighted by Crippen LogP contribution is -2.47. The second-order valence-electron chi connectivity index (χ2n) is 4.35. The first-order chi connectivity index (χ1) is 6.06. The molecule has 2 unspecified atom stereocenters. The van der Waals surface area contributed by atoms with Crippen LogP contribution in [0.4, 0.5) is 0 Å². The fraction of sp³-hybridized carbons (Fsp3) is 1.00. The summed E-state index contributed by atoms with van der Waals surface area (Å²) in [6.07, 6.45) is 2.11. The van der Waals surface area contributed by atoms with Crippen LogP contribution in [0.2, 0.25) is 0 Å². The van der Waals surface area contributed by atoms with Gasteiger partial charge in [0.05, 0.1) is 12.3 Å². The van der Waals surface area contributed by atoms with Gasteiger partial charge in [-0.05, 0) is 26.7 Å². The molecule has 0 aromatic heterocycles. The molecule has 0 amide bonds. The maximum atomic E-state index is 3.55. The minimum atomic E-state index is 0.404. The summed E-state index contributed by atoms with van der Waals surface area (Å²) in [5.74, 6) is 0.694. The van der Waals surface area contributed by atoms with Gasteiger partial charge in [0.1, 0.15) is 0 Å². The van der Waals surface area contributed by atoms with Gasteiger partial charge in [0.25, 0.3) is 0 Å². The molecule has 3 nitrogen and oxygen atoms in total. The molecule has 0 bridgehead atoms. The second kappa shape index (κ2) is 4.40. The fourth-order valence-electron chi connectivity index (χ4n) is 1.81. The summed E-state index contributed by atoms with van der Waals surface area (Å²) < 4.78 is 0. The molecule has 0 aromatic rings. The summed E-state index contributed by atoms with van der Waals surface area (Å²) in [6.45, 7) is 11.2. The maximum Gasteiger partial charge on any atom is 0.0774 e. The van der Waals surface area contributed by atoms with Crippen molar-refractivity contribution in [3.05, 3.63) is 0 Å². The summed E-state index contributed by atoms with van der Waals surface area (Å²) >= 11 is 0. The van der Waals surface area contributed by atoms with Crippen LogP contribution in [0.15, 0.2) is 0 Å². The zero-order valence-corrected chi connectivity index (χ0v) is 9.46. The summed E-state index contributed by atoms with van der Waals surface area (Å²) in [6, 6.07) is 0.552. The summed E-state index contributed by atoms with van der Waals surface area (Å²) in [5, 5.41) is 5.88. The predicted octanol–water partition coefficient (Wildman–Crippen LogP) is 1.52. The molecular formula is C10H23N3. The maximum absolute atomic E-state index is 3.55. The molecule has 1 aliphatic rings. The quantitative estimate of drug-likeness (QED) is 0.698. The van der Waals surface area contributed by atoms with Gasteiger partial charge in [-0.3, -0.25) is 5.32 Å². The molecular weight excluding hydrogens is 162 g/mol. The molecule has 3 atom stereocenters. The van der Waals surface area contributed by atoms with Crippen molar-refractivity contribution in [2.45, 2.75) is 59.4 Å². The summed E-state index contributed by atoms with van der Waals surface area (Å²) in [5.41, 5.74) is 3.44. The van der Waals surface area contributed by atoms with Gasteiger partial charge in [-0.25, -0.2) is 10.4 Å². The molecule has 0 spiro atoms. The van der Waals surface area contributed by atoms with E-state index < -0.39 is 0 Å². The molecule has 1 rings (SSSR count). The van der Waals surface area contributed by atoms with E-state index in [4.69, 9.17) is 0 Å². The van der Waals surface area contributed by atoms with Crippen LogP contribution in [0.3, 0.4) is 0 Å². The van der Waals surface area contributed by atoms with Gasteiger partial charge in [0.2, 0.25) is 0 Å². The Morgan fingerprint density at radius 1 is 1.31 bits per heavy atom. The standard InChI is InChI=1S/C10H23N3/c1-6-8(4)10-11-9(5)12-13(10)7(2)3/h7-12H,6H2,1-5H3/t8?,9-,10?/m1/s1. The molecule has 78 valence electrons. The van der Waals surface area contributed by atoms with E-state index >= 15 is 0 Å². The van der Waals surface area contributed by atoms with E-state index in [0.717, 1.165) is 0 Å². The molecule has 0 radical (unpaired) electrons. The summed E-state index contributed by atoms with van der Waals surface area (Å²) in [4.78, 5) is 0. The summed E-state index contributed by atoms with van der Waals surface area (Å²) in [7, 11) is 0. The Labute approximate surface area is 81.8 Å². The molecule has 13 heavy (non-hydrogen) atoms. The topological polar surface area (TPSA) is 27.3 Å². The van der Waals surface area contributed by atoms with Crippen LogP contribution in [0.25, 0.3) is 0 Å². The average Bonchev–Trinajstić information content (AvgIpc) is 2.46. The van der Waals surface area contributed by atoms with Gasteiger partial charge in [-0.1, -0.05) is 20.3 Å². The van der Waals surface area contributed by atoms with Crippen LogP contribution >= 0.6 is 0 Å². The first kappa shape index (κ1) is 11.0. The van der Waals surface area contributed by atoms with Crippen molar-refractivity contribution in [2.75, 3.05) is 0 Å². The lowest BCUT2D eigenvalue weighted by molar-refractivity contribution is 0.0959. The van der Waals surface area contributed by atoms with Crippen LogP contribution < -0.4 is 10.7 Å². The third-order valence-corrected chi connectivity index (χ3v) is 2.80. The van der Waals surface area contributed by atoms with E-state index in [0.29, 0.717) is 24.3 Å². The van der Waals surface area contributed by atoms with Crippen molar-refractivity contribution >= 4 is 0 Å². The van der Waals surface area contributed by atoms with Crippen molar-refractivity contribution in [2.24, 2.45) is 5.92 Å². The second-order valence-corrected chi connectivity index (χ2v) is 4.35. The Balaban J connectivity index is 2.60.